The van der Waals surface area contributed by atoms with E-state index in [4.69, 9.17) is 4.42 Å². The SMILES string of the molecule is Cc1cccc(Sc2nnc(-c3cc4ccccc4[nH]3)o2)c1. The van der Waals surface area contributed by atoms with E-state index in [2.05, 4.69) is 34.2 Å². The number of aromatic amines is 1. The summed E-state index contributed by atoms with van der Waals surface area (Å²) in [5, 5.41) is 9.91. The molecule has 5 heteroatoms. The van der Waals surface area contributed by atoms with Crippen molar-refractivity contribution >= 4 is 22.7 Å². The van der Waals surface area contributed by atoms with Crippen LogP contribution < -0.4 is 0 Å². The van der Waals surface area contributed by atoms with Crippen molar-refractivity contribution in [1.29, 1.82) is 0 Å². The number of para-hydroxylation sites is 1. The maximum Gasteiger partial charge on any atom is 0.281 e. The molecule has 1 N–H and O–H groups in total. The Morgan fingerprint density at radius 3 is 2.77 bits per heavy atom. The molecule has 0 bridgehead atoms. The van der Waals surface area contributed by atoms with Crippen molar-refractivity contribution in [2.75, 3.05) is 0 Å². The van der Waals surface area contributed by atoms with E-state index in [1.54, 1.807) is 0 Å². The summed E-state index contributed by atoms with van der Waals surface area (Å²) in [4.78, 5) is 4.38. The number of H-pyrrole nitrogens is 1. The van der Waals surface area contributed by atoms with Gasteiger partial charge in [-0.2, -0.15) is 0 Å². The first-order valence-corrected chi connectivity index (χ1v) is 7.76. The van der Waals surface area contributed by atoms with Gasteiger partial charge >= 0.3 is 0 Å². The minimum absolute atomic E-state index is 0.506. The highest BCUT2D eigenvalue weighted by Crippen LogP contribution is 2.30. The molecule has 2 aromatic heterocycles. The van der Waals surface area contributed by atoms with Crippen molar-refractivity contribution in [3.05, 3.63) is 60.2 Å². The van der Waals surface area contributed by atoms with Crippen LogP contribution in [0, 0.1) is 6.92 Å². The topological polar surface area (TPSA) is 54.7 Å². The maximum absolute atomic E-state index is 5.75. The molecular formula is C17H13N3OS. The van der Waals surface area contributed by atoms with Crippen LogP contribution in [0.5, 0.6) is 0 Å². The minimum atomic E-state index is 0.506. The van der Waals surface area contributed by atoms with Crippen LogP contribution >= 0.6 is 11.8 Å². The molecule has 2 heterocycles. The minimum Gasteiger partial charge on any atom is -0.409 e. The van der Waals surface area contributed by atoms with Gasteiger partial charge in [-0.05, 0) is 43.0 Å². The van der Waals surface area contributed by atoms with Crippen molar-refractivity contribution in [2.45, 2.75) is 17.0 Å². The molecule has 0 amide bonds. The number of fused-ring (bicyclic) bond motifs is 1. The molecule has 0 fully saturated rings. The molecule has 4 nitrogen and oxygen atoms in total. The second-order valence-electron chi connectivity index (χ2n) is 5.06. The fourth-order valence-corrected chi connectivity index (χ4v) is 3.12. The molecule has 108 valence electrons. The summed E-state index contributed by atoms with van der Waals surface area (Å²) in [6, 6.07) is 18.3. The Balaban J connectivity index is 1.63. The molecule has 0 radical (unpaired) electrons. The van der Waals surface area contributed by atoms with E-state index in [1.165, 1.54) is 17.3 Å². The van der Waals surface area contributed by atoms with Gasteiger partial charge in [0.25, 0.3) is 11.1 Å². The Bertz CT molecular complexity index is 909. The molecule has 0 saturated heterocycles. The molecule has 0 unspecified atom stereocenters. The lowest BCUT2D eigenvalue weighted by Crippen LogP contribution is -1.76. The van der Waals surface area contributed by atoms with Crippen molar-refractivity contribution in [3.8, 4) is 11.6 Å². The first kappa shape index (κ1) is 13.2. The number of rotatable bonds is 3. The summed E-state index contributed by atoms with van der Waals surface area (Å²) in [5.41, 5.74) is 3.11. The molecule has 0 atom stereocenters. The molecule has 22 heavy (non-hydrogen) atoms. The maximum atomic E-state index is 5.75. The van der Waals surface area contributed by atoms with E-state index >= 15 is 0 Å². The van der Waals surface area contributed by atoms with Crippen LogP contribution in [0.15, 0.2) is 69.1 Å². The van der Waals surface area contributed by atoms with Crippen LogP contribution in [-0.4, -0.2) is 15.2 Å². The average Bonchev–Trinajstić information content (AvgIpc) is 3.13. The molecule has 4 aromatic rings. The second kappa shape index (κ2) is 5.35. The molecular weight excluding hydrogens is 294 g/mol. The lowest BCUT2D eigenvalue weighted by atomic mass is 10.2. The third kappa shape index (κ3) is 2.51. The molecule has 0 saturated carbocycles. The van der Waals surface area contributed by atoms with Gasteiger partial charge in [0.05, 0.1) is 0 Å². The zero-order valence-electron chi connectivity index (χ0n) is 11.9. The molecule has 0 aliphatic rings. The third-order valence-electron chi connectivity index (χ3n) is 3.36. The fourth-order valence-electron chi connectivity index (χ4n) is 2.33. The predicted octanol–water partition coefficient (Wildman–Crippen LogP) is 4.68. The summed E-state index contributed by atoms with van der Waals surface area (Å²) in [6.07, 6.45) is 0. The van der Waals surface area contributed by atoms with Crippen LogP contribution in [0.25, 0.3) is 22.5 Å². The molecule has 0 aliphatic heterocycles. The zero-order chi connectivity index (χ0) is 14.9. The highest BCUT2D eigenvalue weighted by atomic mass is 32.2. The Labute approximate surface area is 131 Å². The third-order valence-corrected chi connectivity index (χ3v) is 4.19. The normalized spacial score (nSPS) is 11.1. The fraction of sp³-hybridized carbons (Fsp3) is 0.0588. The Kier molecular flexibility index (Phi) is 3.20. The van der Waals surface area contributed by atoms with Gasteiger partial charge in [0.1, 0.15) is 5.69 Å². The van der Waals surface area contributed by atoms with Crippen molar-refractivity contribution < 1.29 is 4.42 Å². The quantitative estimate of drug-likeness (QED) is 0.597. The van der Waals surface area contributed by atoms with Crippen LogP contribution in [0.3, 0.4) is 0 Å². The molecule has 2 aromatic carbocycles. The number of hydrogen-bond acceptors (Lipinski definition) is 4. The highest BCUT2D eigenvalue weighted by molar-refractivity contribution is 7.99. The van der Waals surface area contributed by atoms with Crippen LogP contribution in [0.2, 0.25) is 0 Å². The highest BCUT2D eigenvalue weighted by Gasteiger charge is 2.12. The number of aromatic nitrogens is 3. The number of hydrogen-bond donors (Lipinski definition) is 1. The van der Waals surface area contributed by atoms with Gasteiger partial charge in [0, 0.05) is 15.8 Å². The summed E-state index contributed by atoms with van der Waals surface area (Å²) in [7, 11) is 0. The Morgan fingerprint density at radius 2 is 1.91 bits per heavy atom. The van der Waals surface area contributed by atoms with Crippen molar-refractivity contribution in [1.82, 2.24) is 15.2 Å². The number of aryl methyl sites for hydroxylation is 1. The Hall–Kier alpha value is -2.53. The van der Waals surface area contributed by atoms with Gasteiger partial charge in [-0.25, -0.2) is 0 Å². The molecule has 0 spiro atoms. The Morgan fingerprint density at radius 1 is 1.00 bits per heavy atom. The van der Waals surface area contributed by atoms with E-state index in [0.29, 0.717) is 11.1 Å². The number of benzene rings is 2. The number of nitrogens with one attached hydrogen (secondary N) is 1. The first-order chi connectivity index (χ1) is 10.8. The second-order valence-corrected chi connectivity index (χ2v) is 6.09. The van der Waals surface area contributed by atoms with Crippen molar-refractivity contribution in [3.63, 3.8) is 0 Å². The summed E-state index contributed by atoms with van der Waals surface area (Å²) in [5.74, 6) is 0.506. The van der Waals surface area contributed by atoms with Gasteiger partial charge in [-0.3, -0.25) is 0 Å². The lowest BCUT2D eigenvalue weighted by Gasteiger charge is -1.97. The average molecular weight is 307 g/mol. The van der Waals surface area contributed by atoms with Gasteiger partial charge in [-0.1, -0.05) is 35.9 Å². The smallest absolute Gasteiger partial charge is 0.281 e. The van der Waals surface area contributed by atoms with Gasteiger partial charge in [0.2, 0.25) is 0 Å². The van der Waals surface area contributed by atoms with Crippen LogP contribution in [0.1, 0.15) is 5.56 Å². The van der Waals surface area contributed by atoms with Gasteiger partial charge in [0.15, 0.2) is 0 Å². The lowest BCUT2D eigenvalue weighted by molar-refractivity contribution is 0.465. The molecule has 0 aliphatic carbocycles. The van der Waals surface area contributed by atoms with E-state index in [-0.39, 0.29) is 0 Å². The van der Waals surface area contributed by atoms with Crippen LogP contribution in [0.4, 0.5) is 0 Å². The zero-order valence-corrected chi connectivity index (χ0v) is 12.7. The van der Waals surface area contributed by atoms with E-state index in [1.807, 2.05) is 42.5 Å². The van der Waals surface area contributed by atoms with Crippen molar-refractivity contribution in [2.24, 2.45) is 0 Å². The van der Waals surface area contributed by atoms with Gasteiger partial charge in [-0.15, -0.1) is 10.2 Å². The summed E-state index contributed by atoms with van der Waals surface area (Å²) < 4.78 is 5.75. The monoisotopic (exact) mass is 307 g/mol. The standard InChI is InChI=1S/C17H13N3OS/c1-11-5-4-7-13(9-11)22-17-20-19-16(21-17)15-10-12-6-2-3-8-14(12)18-15/h2-10,18H,1H3. The summed E-state index contributed by atoms with van der Waals surface area (Å²) in [6.45, 7) is 2.06. The molecule has 4 rings (SSSR count). The summed E-state index contributed by atoms with van der Waals surface area (Å²) >= 11 is 1.47. The van der Waals surface area contributed by atoms with E-state index in [9.17, 15) is 0 Å². The number of nitrogens with zero attached hydrogens (tertiary/aromatic N) is 2. The van der Waals surface area contributed by atoms with E-state index < -0.39 is 0 Å². The van der Waals surface area contributed by atoms with Crippen LogP contribution in [-0.2, 0) is 0 Å². The van der Waals surface area contributed by atoms with Gasteiger partial charge < -0.3 is 9.40 Å². The predicted molar refractivity (Wildman–Crippen MR) is 86.9 cm³/mol. The largest absolute Gasteiger partial charge is 0.409 e. The van der Waals surface area contributed by atoms with E-state index in [0.717, 1.165) is 21.5 Å². The first-order valence-electron chi connectivity index (χ1n) is 6.94.